The number of carbonyl (C=O) groups excluding carboxylic acids is 3. The topological polar surface area (TPSA) is 120 Å². The van der Waals surface area contributed by atoms with Crippen molar-refractivity contribution in [2.24, 2.45) is 11.8 Å². The van der Waals surface area contributed by atoms with Crippen molar-refractivity contribution in [1.82, 2.24) is 20.9 Å². The molecule has 2 aromatic rings. The van der Waals surface area contributed by atoms with Crippen molar-refractivity contribution in [3.8, 4) is 5.75 Å². The van der Waals surface area contributed by atoms with E-state index in [1.165, 1.54) is 0 Å². The van der Waals surface area contributed by atoms with Crippen molar-refractivity contribution >= 4 is 17.7 Å². The second-order valence-corrected chi connectivity index (χ2v) is 12.8. The number of nitrogens with one attached hydrogen (secondary N) is 3. The lowest BCUT2D eigenvalue weighted by Gasteiger charge is -2.36. The number of aliphatic hydroxyl groups is 1. The molecule has 248 valence electrons. The summed E-state index contributed by atoms with van der Waals surface area (Å²) in [7, 11) is 1.63. The van der Waals surface area contributed by atoms with Crippen LogP contribution in [0.2, 0.25) is 0 Å². The van der Waals surface area contributed by atoms with E-state index in [-0.39, 0.29) is 42.5 Å². The van der Waals surface area contributed by atoms with Gasteiger partial charge in [-0.2, -0.15) is 0 Å². The van der Waals surface area contributed by atoms with Crippen LogP contribution in [0.5, 0.6) is 5.75 Å². The van der Waals surface area contributed by atoms with Crippen molar-refractivity contribution in [2.75, 3.05) is 20.2 Å². The zero-order chi connectivity index (χ0) is 33.0. The maximum Gasteiger partial charge on any atom is 0.249 e. The molecule has 2 aromatic carbocycles. The highest BCUT2D eigenvalue weighted by atomic mass is 16.5. The summed E-state index contributed by atoms with van der Waals surface area (Å²) >= 11 is 0. The average Bonchev–Trinajstić information content (AvgIpc) is 3.36. The molecule has 0 saturated carbocycles. The van der Waals surface area contributed by atoms with E-state index in [2.05, 4.69) is 29.8 Å². The van der Waals surface area contributed by atoms with Crippen LogP contribution < -0.4 is 20.7 Å². The van der Waals surface area contributed by atoms with Crippen molar-refractivity contribution in [3.05, 3.63) is 65.7 Å². The van der Waals surface area contributed by atoms with E-state index in [9.17, 15) is 19.5 Å². The number of likely N-dealkylation sites (tertiary alicyclic amines) is 1. The van der Waals surface area contributed by atoms with Gasteiger partial charge in [0.15, 0.2) is 0 Å². The number of methoxy groups -OCH3 is 1. The molecule has 5 atom stereocenters. The number of aryl methyl sites for hydroxylation is 1. The van der Waals surface area contributed by atoms with Crippen LogP contribution in [0.4, 0.5) is 0 Å². The van der Waals surface area contributed by atoms with Gasteiger partial charge in [-0.15, -0.1) is 0 Å². The first kappa shape index (κ1) is 36.0. The van der Waals surface area contributed by atoms with E-state index in [0.29, 0.717) is 38.8 Å². The Bertz CT molecular complexity index is 1240. The molecule has 1 fully saturated rings. The third-order valence-corrected chi connectivity index (χ3v) is 9.09. The molecule has 0 aromatic heterocycles. The smallest absolute Gasteiger partial charge is 0.249 e. The summed E-state index contributed by atoms with van der Waals surface area (Å²) < 4.78 is 5.31. The van der Waals surface area contributed by atoms with Gasteiger partial charge in [-0.05, 0) is 60.8 Å². The van der Waals surface area contributed by atoms with Gasteiger partial charge in [-0.1, -0.05) is 83.5 Å². The Morgan fingerprint density at radius 3 is 2.40 bits per heavy atom. The Labute approximate surface area is 269 Å². The van der Waals surface area contributed by atoms with E-state index >= 15 is 0 Å². The number of ether oxygens (including phenoxy) is 1. The van der Waals surface area contributed by atoms with Crippen LogP contribution >= 0.6 is 0 Å². The predicted octanol–water partition coefficient (Wildman–Crippen LogP) is 4.22. The van der Waals surface area contributed by atoms with E-state index in [1.54, 1.807) is 18.9 Å². The minimum absolute atomic E-state index is 0.0884. The number of carbonyl (C=O) groups is 3. The van der Waals surface area contributed by atoms with Crippen LogP contribution in [0.25, 0.3) is 0 Å². The number of benzene rings is 2. The molecule has 0 bridgehead atoms. The number of amides is 3. The summed E-state index contributed by atoms with van der Waals surface area (Å²) in [5.41, 5.74) is 1.07. The van der Waals surface area contributed by atoms with Gasteiger partial charge in [0.25, 0.3) is 0 Å². The molecule has 9 nitrogen and oxygen atoms in total. The van der Waals surface area contributed by atoms with E-state index < -0.39 is 23.7 Å². The second kappa shape index (κ2) is 17.3. The highest BCUT2D eigenvalue weighted by Gasteiger charge is 2.53. The van der Waals surface area contributed by atoms with Gasteiger partial charge < -0.3 is 30.7 Å². The van der Waals surface area contributed by atoms with Crippen LogP contribution in [0.1, 0.15) is 77.8 Å². The van der Waals surface area contributed by atoms with Crippen LogP contribution in [-0.2, 0) is 27.3 Å². The van der Waals surface area contributed by atoms with Gasteiger partial charge in [-0.3, -0.25) is 14.4 Å². The zero-order valence-electron chi connectivity index (χ0n) is 28.0. The molecule has 1 aliphatic heterocycles. The quantitative estimate of drug-likeness (QED) is 0.198. The average molecular weight is 623 g/mol. The van der Waals surface area contributed by atoms with Gasteiger partial charge in [-0.25, -0.2) is 0 Å². The fraction of sp³-hybridized carbons (Fsp3) is 0.583. The van der Waals surface area contributed by atoms with Crippen molar-refractivity contribution in [2.45, 2.75) is 103 Å². The summed E-state index contributed by atoms with van der Waals surface area (Å²) in [5, 5.41) is 20.8. The van der Waals surface area contributed by atoms with Crippen LogP contribution in [0, 0.1) is 11.8 Å². The largest absolute Gasteiger partial charge is 0.497 e. The fourth-order valence-electron chi connectivity index (χ4n) is 6.21. The third kappa shape index (κ3) is 9.78. The van der Waals surface area contributed by atoms with Gasteiger partial charge in [0.05, 0.1) is 19.3 Å². The third-order valence-electron chi connectivity index (χ3n) is 9.09. The number of aliphatic hydroxyl groups excluding tert-OH is 1. The van der Waals surface area contributed by atoms with Crippen LogP contribution in [0.15, 0.2) is 54.6 Å². The molecule has 45 heavy (non-hydrogen) atoms. The Balaban J connectivity index is 1.80. The van der Waals surface area contributed by atoms with Gasteiger partial charge in [0.1, 0.15) is 17.3 Å². The Morgan fingerprint density at radius 1 is 1.04 bits per heavy atom. The number of hydrogen-bond acceptors (Lipinski definition) is 6. The number of hydrogen-bond donors (Lipinski definition) is 4. The van der Waals surface area contributed by atoms with Gasteiger partial charge in [0.2, 0.25) is 17.7 Å². The first-order valence-corrected chi connectivity index (χ1v) is 16.5. The maximum absolute atomic E-state index is 14.2. The summed E-state index contributed by atoms with van der Waals surface area (Å²) in [4.78, 5) is 42.6. The fourth-order valence-corrected chi connectivity index (χ4v) is 6.21. The monoisotopic (exact) mass is 622 g/mol. The summed E-state index contributed by atoms with van der Waals surface area (Å²) in [6, 6.07) is 16.4. The van der Waals surface area contributed by atoms with Crippen molar-refractivity contribution in [3.63, 3.8) is 0 Å². The molecule has 1 heterocycles. The molecular weight excluding hydrogens is 568 g/mol. The van der Waals surface area contributed by atoms with Gasteiger partial charge >= 0.3 is 0 Å². The standard InChI is InChI=1S/C36H54N4O5/c1-7-26(5)36(39-33(42)8-2)19-20-40(35(36)44)31(18-17-27-13-10-9-11-14-27)34(43)38-30(21-25(3)4)32(41)24-37-23-28-15-12-16-29(22-28)45-6/h9-16,22,25-26,30-32,37,41H,7-8,17-21,23-24H2,1-6H3,(H,38,43)(H,39,42)/t26-,30+,31-,32-,36-/m0/s1. The molecule has 0 spiro atoms. The number of nitrogens with zero attached hydrogens (tertiary/aromatic N) is 1. The Morgan fingerprint density at radius 2 is 1.76 bits per heavy atom. The highest BCUT2D eigenvalue weighted by Crippen LogP contribution is 2.34. The molecular formula is C36H54N4O5. The van der Waals surface area contributed by atoms with E-state index in [4.69, 9.17) is 4.74 Å². The lowest BCUT2D eigenvalue weighted by atomic mass is 9.81. The molecule has 0 radical (unpaired) electrons. The highest BCUT2D eigenvalue weighted by molar-refractivity contribution is 5.97. The van der Waals surface area contributed by atoms with Crippen molar-refractivity contribution < 1.29 is 24.2 Å². The van der Waals surface area contributed by atoms with Crippen molar-refractivity contribution in [1.29, 1.82) is 0 Å². The van der Waals surface area contributed by atoms with E-state index in [0.717, 1.165) is 23.3 Å². The van der Waals surface area contributed by atoms with Gasteiger partial charge in [0, 0.05) is 26.1 Å². The first-order chi connectivity index (χ1) is 21.5. The Hall–Kier alpha value is -3.43. The predicted molar refractivity (Wildman–Crippen MR) is 178 cm³/mol. The summed E-state index contributed by atoms with van der Waals surface area (Å²) in [6.07, 6.45) is 2.23. The maximum atomic E-state index is 14.2. The first-order valence-electron chi connectivity index (χ1n) is 16.5. The SMILES string of the molecule is CCC(=O)N[C@]1([C@@H](C)CC)CCN([C@@H](CCc2ccccc2)C(=O)N[C@H](CC(C)C)[C@@H](O)CNCc2cccc(OC)c2)C1=O. The van der Waals surface area contributed by atoms with Crippen LogP contribution in [0.3, 0.4) is 0 Å². The molecule has 1 saturated heterocycles. The minimum atomic E-state index is -1.03. The minimum Gasteiger partial charge on any atom is -0.497 e. The van der Waals surface area contributed by atoms with Crippen LogP contribution in [-0.4, -0.2) is 71.7 Å². The van der Waals surface area contributed by atoms with E-state index in [1.807, 2.05) is 68.4 Å². The molecule has 3 amide bonds. The lowest BCUT2D eigenvalue weighted by molar-refractivity contribution is -0.144. The summed E-state index contributed by atoms with van der Waals surface area (Å²) in [5.74, 6) is 0.254. The zero-order valence-corrected chi connectivity index (χ0v) is 28.0. The molecule has 3 rings (SSSR count). The molecule has 0 aliphatic carbocycles. The molecule has 0 unspecified atom stereocenters. The summed E-state index contributed by atoms with van der Waals surface area (Å²) in [6.45, 7) is 11.1. The molecule has 1 aliphatic rings. The lowest BCUT2D eigenvalue weighted by Crippen LogP contribution is -2.61. The number of rotatable bonds is 18. The Kier molecular flexibility index (Phi) is 13.9. The molecule has 9 heteroatoms. The normalized spacial score (nSPS) is 19.2. The molecule has 4 N–H and O–H groups in total. The second-order valence-electron chi connectivity index (χ2n) is 12.8.